The zero-order valence-electron chi connectivity index (χ0n) is 13.7. The van der Waals surface area contributed by atoms with Crippen molar-refractivity contribution < 1.29 is 0 Å². The molecule has 2 heteroatoms. The predicted octanol–water partition coefficient (Wildman–Crippen LogP) is 3.69. The molecule has 4 rings (SSSR count). The van der Waals surface area contributed by atoms with E-state index in [9.17, 15) is 0 Å². The minimum absolute atomic E-state index is 0.695. The molecule has 1 aliphatic heterocycles. The summed E-state index contributed by atoms with van der Waals surface area (Å²) < 4.78 is 0. The molecule has 0 spiro atoms. The van der Waals surface area contributed by atoms with Crippen LogP contribution < -0.4 is 5.32 Å². The lowest BCUT2D eigenvalue weighted by atomic mass is 9.97. The van der Waals surface area contributed by atoms with Crippen molar-refractivity contribution in [1.29, 1.82) is 0 Å². The number of fused-ring (bicyclic) bond motifs is 1. The molecular formula is C21H26N2. The Morgan fingerprint density at radius 2 is 1.52 bits per heavy atom. The molecule has 1 saturated carbocycles. The second kappa shape index (κ2) is 6.86. The molecule has 23 heavy (non-hydrogen) atoms. The van der Waals surface area contributed by atoms with Gasteiger partial charge < -0.3 is 5.32 Å². The summed E-state index contributed by atoms with van der Waals surface area (Å²) in [5.41, 5.74) is 2.84. The molecule has 1 saturated heterocycles. The van der Waals surface area contributed by atoms with Gasteiger partial charge in [0.1, 0.15) is 0 Å². The Balaban J connectivity index is 1.32. The fourth-order valence-electron chi connectivity index (χ4n) is 4.43. The minimum Gasteiger partial charge on any atom is -0.310 e. The first-order valence-electron chi connectivity index (χ1n) is 8.92. The van der Waals surface area contributed by atoms with Crippen molar-refractivity contribution in [1.82, 2.24) is 10.2 Å². The van der Waals surface area contributed by atoms with Crippen LogP contribution in [0.4, 0.5) is 0 Å². The van der Waals surface area contributed by atoms with Crippen LogP contribution in [-0.2, 0) is 13.1 Å². The molecule has 0 aromatic heterocycles. The van der Waals surface area contributed by atoms with Gasteiger partial charge in [0.05, 0.1) is 0 Å². The highest BCUT2D eigenvalue weighted by atomic mass is 15.2. The first-order chi connectivity index (χ1) is 11.4. The van der Waals surface area contributed by atoms with Gasteiger partial charge in [-0.1, -0.05) is 60.7 Å². The Kier molecular flexibility index (Phi) is 4.45. The summed E-state index contributed by atoms with van der Waals surface area (Å²) in [7, 11) is 0. The maximum absolute atomic E-state index is 3.83. The average Bonchev–Trinajstić information content (AvgIpc) is 3.15. The second-order valence-electron chi connectivity index (χ2n) is 7.15. The van der Waals surface area contributed by atoms with E-state index in [0.717, 1.165) is 24.9 Å². The zero-order valence-corrected chi connectivity index (χ0v) is 13.7. The van der Waals surface area contributed by atoms with Crippen LogP contribution in [0.15, 0.2) is 60.7 Å². The molecule has 2 aromatic carbocycles. The number of nitrogens with one attached hydrogen (secondary N) is 1. The van der Waals surface area contributed by atoms with Gasteiger partial charge in [0.2, 0.25) is 0 Å². The molecule has 2 nitrogen and oxygen atoms in total. The molecule has 3 atom stereocenters. The summed E-state index contributed by atoms with van der Waals surface area (Å²) in [5, 5.41) is 3.83. The van der Waals surface area contributed by atoms with Crippen LogP contribution in [-0.4, -0.2) is 24.0 Å². The summed E-state index contributed by atoms with van der Waals surface area (Å²) >= 11 is 0. The summed E-state index contributed by atoms with van der Waals surface area (Å²) in [6.45, 7) is 4.65. The van der Waals surface area contributed by atoms with Crippen molar-refractivity contribution in [3.05, 3.63) is 71.8 Å². The number of nitrogens with zero attached hydrogens (tertiary/aromatic N) is 1. The SMILES string of the molecule is c1ccc(CNC2CCC3CN(Cc4ccccc4)CC32)cc1. The maximum Gasteiger partial charge on any atom is 0.0233 e. The van der Waals surface area contributed by atoms with Crippen LogP contribution in [0.25, 0.3) is 0 Å². The maximum atomic E-state index is 3.83. The van der Waals surface area contributed by atoms with Gasteiger partial charge >= 0.3 is 0 Å². The number of likely N-dealkylation sites (tertiary alicyclic amines) is 1. The van der Waals surface area contributed by atoms with Crippen LogP contribution in [0.1, 0.15) is 24.0 Å². The van der Waals surface area contributed by atoms with Crippen molar-refractivity contribution in [2.45, 2.75) is 32.0 Å². The lowest BCUT2D eigenvalue weighted by Gasteiger charge is -2.22. The van der Waals surface area contributed by atoms with Crippen molar-refractivity contribution in [3.8, 4) is 0 Å². The highest BCUT2D eigenvalue weighted by Gasteiger charge is 2.42. The van der Waals surface area contributed by atoms with E-state index in [0.29, 0.717) is 6.04 Å². The zero-order chi connectivity index (χ0) is 15.5. The Morgan fingerprint density at radius 1 is 0.826 bits per heavy atom. The van der Waals surface area contributed by atoms with Gasteiger partial charge in [-0.25, -0.2) is 0 Å². The standard InChI is InChI=1S/C21H26N2/c1-3-7-17(8-4-1)13-22-21-12-11-19-15-23(16-20(19)21)14-18-9-5-2-6-10-18/h1-10,19-22H,11-16H2. The van der Waals surface area contributed by atoms with Gasteiger partial charge in [-0.3, -0.25) is 4.90 Å². The first-order valence-corrected chi connectivity index (χ1v) is 8.92. The van der Waals surface area contributed by atoms with Crippen molar-refractivity contribution in [2.24, 2.45) is 11.8 Å². The summed E-state index contributed by atoms with van der Waals surface area (Å²) in [5.74, 6) is 1.73. The largest absolute Gasteiger partial charge is 0.310 e. The van der Waals surface area contributed by atoms with Gasteiger partial charge in [0, 0.05) is 32.2 Å². The Labute approximate surface area is 139 Å². The van der Waals surface area contributed by atoms with Gasteiger partial charge in [-0.15, -0.1) is 0 Å². The van der Waals surface area contributed by atoms with E-state index in [1.54, 1.807) is 0 Å². The van der Waals surface area contributed by atoms with E-state index in [1.807, 2.05) is 0 Å². The Morgan fingerprint density at radius 3 is 2.26 bits per heavy atom. The van der Waals surface area contributed by atoms with Gasteiger partial charge in [0.15, 0.2) is 0 Å². The van der Waals surface area contributed by atoms with Gasteiger partial charge in [0.25, 0.3) is 0 Å². The molecule has 2 aliphatic rings. The summed E-state index contributed by atoms with van der Waals surface area (Å²) in [4.78, 5) is 2.65. The first kappa shape index (κ1) is 14.9. The molecule has 3 unspecified atom stereocenters. The minimum atomic E-state index is 0.695. The number of hydrogen-bond acceptors (Lipinski definition) is 2. The summed E-state index contributed by atoms with van der Waals surface area (Å²) in [6, 6.07) is 22.4. The highest BCUT2D eigenvalue weighted by Crippen LogP contribution is 2.38. The van der Waals surface area contributed by atoms with E-state index in [4.69, 9.17) is 0 Å². The van der Waals surface area contributed by atoms with Gasteiger partial charge in [-0.05, 0) is 35.8 Å². The fourth-order valence-corrected chi connectivity index (χ4v) is 4.43. The molecule has 1 aliphatic carbocycles. The number of rotatable bonds is 5. The van der Waals surface area contributed by atoms with Crippen molar-refractivity contribution in [3.63, 3.8) is 0 Å². The highest BCUT2D eigenvalue weighted by molar-refractivity contribution is 5.16. The lowest BCUT2D eigenvalue weighted by molar-refractivity contribution is 0.288. The molecule has 1 N–H and O–H groups in total. The van der Waals surface area contributed by atoms with E-state index < -0.39 is 0 Å². The van der Waals surface area contributed by atoms with Crippen LogP contribution in [0.3, 0.4) is 0 Å². The second-order valence-corrected chi connectivity index (χ2v) is 7.15. The molecule has 1 heterocycles. The van der Waals surface area contributed by atoms with Crippen LogP contribution in [0.2, 0.25) is 0 Å². The molecule has 0 bridgehead atoms. The molecule has 0 amide bonds. The predicted molar refractivity (Wildman–Crippen MR) is 95.0 cm³/mol. The third-order valence-electron chi connectivity index (χ3n) is 5.59. The smallest absolute Gasteiger partial charge is 0.0233 e. The Hall–Kier alpha value is -1.64. The molecule has 0 radical (unpaired) electrons. The molecule has 2 fully saturated rings. The molecular weight excluding hydrogens is 280 g/mol. The van der Waals surface area contributed by atoms with Gasteiger partial charge in [-0.2, -0.15) is 0 Å². The number of benzene rings is 2. The van der Waals surface area contributed by atoms with Crippen LogP contribution >= 0.6 is 0 Å². The summed E-state index contributed by atoms with van der Waals surface area (Å²) in [6.07, 6.45) is 2.74. The third kappa shape index (κ3) is 3.49. The quantitative estimate of drug-likeness (QED) is 0.906. The van der Waals surface area contributed by atoms with Crippen LogP contribution in [0.5, 0.6) is 0 Å². The topological polar surface area (TPSA) is 15.3 Å². The van der Waals surface area contributed by atoms with E-state index in [1.165, 1.54) is 37.1 Å². The monoisotopic (exact) mass is 306 g/mol. The van der Waals surface area contributed by atoms with Crippen LogP contribution in [0, 0.1) is 11.8 Å². The average molecular weight is 306 g/mol. The normalized spacial score (nSPS) is 27.2. The molecule has 120 valence electrons. The van der Waals surface area contributed by atoms with E-state index in [2.05, 4.69) is 70.9 Å². The Bertz CT molecular complexity index is 610. The third-order valence-corrected chi connectivity index (χ3v) is 5.59. The number of hydrogen-bond donors (Lipinski definition) is 1. The van der Waals surface area contributed by atoms with E-state index >= 15 is 0 Å². The van der Waals surface area contributed by atoms with E-state index in [-0.39, 0.29) is 0 Å². The lowest BCUT2D eigenvalue weighted by Crippen LogP contribution is -2.35. The van der Waals surface area contributed by atoms with Crippen molar-refractivity contribution >= 4 is 0 Å². The molecule has 2 aromatic rings. The van der Waals surface area contributed by atoms with Crippen molar-refractivity contribution in [2.75, 3.05) is 13.1 Å². The fraction of sp³-hybridized carbons (Fsp3) is 0.429.